The van der Waals surface area contributed by atoms with Gasteiger partial charge in [0.15, 0.2) is 8.32 Å². The Labute approximate surface area is 186 Å². The van der Waals surface area contributed by atoms with Gasteiger partial charge < -0.3 is 9.26 Å². The maximum Gasteiger partial charge on any atom is 0.192 e. The zero-order chi connectivity index (χ0) is 21.9. The number of hydrogen-bond acceptors (Lipinski definition) is 3. The first-order chi connectivity index (χ1) is 13.9. The predicted molar refractivity (Wildman–Crippen MR) is 128 cm³/mol. The number of hydrogen-bond donors (Lipinski definition) is 0. The lowest BCUT2D eigenvalue weighted by Gasteiger charge is -2.60. The van der Waals surface area contributed by atoms with E-state index in [0.717, 1.165) is 30.1 Å². The number of nitrogens with zero attached hydrogens (tertiary/aromatic N) is 1. The van der Waals surface area contributed by atoms with Crippen LogP contribution in [-0.2, 0) is 9.26 Å². The summed E-state index contributed by atoms with van der Waals surface area (Å²) in [7, 11) is 0.0382. The molecule has 0 aromatic rings. The molecule has 0 heterocycles. The second-order valence-corrected chi connectivity index (χ2v) is 17.9. The SMILES string of the molecule is CON=C1CCC2C3CC[C@@H]4C[C@@H](O[Si](C)(C)C(C)(C)C)CC[C@]4(C)C3CC[C@]12C. The summed E-state index contributed by atoms with van der Waals surface area (Å²) < 4.78 is 6.91. The highest BCUT2D eigenvalue weighted by atomic mass is 28.4. The van der Waals surface area contributed by atoms with Crippen molar-refractivity contribution < 1.29 is 9.26 Å². The fourth-order valence-electron chi connectivity index (χ4n) is 7.97. The zero-order valence-electron chi connectivity index (χ0n) is 21.0. The molecule has 0 aromatic carbocycles. The van der Waals surface area contributed by atoms with Gasteiger partial charge in [0, 0.05) is 11.5 Å². The smallest absolute Gasteiger partial charge is 0.192 e. The van der Waals surface area contributed by atoms with Crippen LogP contribution in [-0.4, -0.2) is 27.2 Å². The first-order valence-corrected chi connectivity index (χ1v) is 15.6. The van der Waals surface area contributed by atoms with Gasteiger partial charge >= 0.3 is 0 Å². The third-order valence-corrected chi connectivity index (χ3v) is 15.4. The molecule has 0 N–H and O–H groups in total. The van der Waals surface area contributed by atoms with E-state index in [1.807, 2.05) is 0 Å². The van der Waals surface area contributed by atoms with Crippen molar-refractivity contribution in [3.8, 4) is 0 Å². The molecule has 0 aromatic heterocycles. The van der Waals surface area contributed by atoms with Crippen LogP contribution < -0.4 is 0 Å². The minimum atomic E-state index is -1.68. The Morgan fingerprint density at radius 3 is 2.37 bits per heavy atom. The molecule has 0 radical (unpaired) electrons. The molecule has 172 valence electrons. The highest BCUT2D eigenvalue weighted by Crippen LogP contribution is 2.66. The van der Waals surface area contributed by atoms with Crippen molar-refractivity contribution in [1.29, 1.82) is 0 Å². The minimum absolute atomic E-state index is 0.295. The van der Waals surface area contributed by atoms with E-state index in [2.05, 4.69) is 52.9 Å². The summed E-state index contributed by atoms with van der Waals surface area (Å²) in [5.74, 6) is 3.49. The number of fused-ring (bicyclic) bond motifs is 5. The van der Waals surface area contributed by atoms with Gasteiger partial charge in [-0.05, 0) is 105 Å². The van der Waals surface area contributed by atoms with E-state index in [4.69, 9.17) is 9.26 Å². The molecule has 4 fully saturated rings. The molecule has 0 amide bonds. The summed E-state index contributed by atoms with van der Waals surface area (Å²) in [6.45, 7) is 17.1. The van der Waals surface area contributed by atoms with Gasteiger partial charge in [0.25, 0.3) is 0 Å². The average molecular weight is 434 g/mol. The standard InChI is InChI=1S/C26H47NO2Si/c1-24(2,3)30(7,8)29-19-13-15-25(4)18(17-19)9-10-20-21-11-12-23(27-28-6)26(21,5)16-14-22(20)25/h18-22H,9-17H2,1-8H3/t18-,19+,20?,21?,22?,25+,26+/m1/s1. The van der Waals surface area contributed by atoms with Crippen LogP contribution in [0.15, 0.2) is 5.16 Å². The van der Waals surface area contributed by atoms with Crippen LogP contribution in [0.4, 0.5) is 0 Å². The zero-order valence-corrected chi connectivity index (χ0v) is 22.0. The van der Waals surface area contributed by atoms with Crippen molar-refractivity contribution in [3.63, 3.8) is 0 Å². The Balaban J connectivity index is 1.48. The van der Waals surface area contributed by atoms with E-state index >= 15 is 0 Å². The monoisotopic (exact) mass is 433 g/mol. The highest BCUT2D eigenvalue weighted by Gasteiger charge is 2.60. The predicted octanol–water partition coefficient (Wildman–Crippen LogP) is 7.42. The Bertz CT molecular complexity index is 683. The molecule has 0 saturated heterocycles. The molecule has 0 aliphatic heterocycles. The Morgan fingerprint density at radius 2 is 1.70 bits per heavy atom. The maximum absolute atomic E-state index is 6.91. The number of oxime groups is 1. The maximum atomic E-state index is 6.91. The summed E-state index contributed by atoms with van der Waals surface area (Å²) >= 11 is 0. The van der Waals surface area contributed by atoms with Crippen LogP contribution in [0.1, 0.15) is 92.4 Å². The molecular formula is C26H47NO2Si. The van der Waals surface area contributed by atoms with Gasteiger partial charge in [-0.25, -0.2) is 0 Å². The van der Waals surface area contributed by atoms with Gasteiger partial charge in [0.2, 0.25) is 0 Å². The lowest BCUT2D eigenvalue weighted by molar-refractivity contribution is -0.112. The summed E-state index contributed by atoms with van der Waals surface area (Å²) in [5, 5.41) is 4.79. The van der Waals surface area contributed by atoms with Crippen molar-refractivity contribution in [1.82, 2.24) is 0 Å². The highest BCUT2D eigenvalue weighted by molar-refractivity contribution is 6.74. The molecule has 4 heteroatoms. The van der Waals surface area contributed by atoms with Crippen LogP contribution in [0.3, 0.4) is 0 Å². The van der Waals surface area contributed by atoms with E-state index < -0.39 is 8.32 Å². The summed E-state index contributed by atoms with van der Waals surface area (Å²) in [5.41, 5.74) is 2.18. The normalized spacial score (nSPS) is 45.6. The molecule has 4 aliphatic rings. The third kappa shape index (κ3) is 3.52. The van der Waals surface area contributed by atoms with Gasteiger partial charge in [-0.1, -0.05) is 39.8 Å². The van der Waals surface area contributed by atoms with E-state index in [9.17, 15) is 0 Å². The fraction of sp³-hybridized carbons (Fsp3) is 0.962. The van der Waals surface area contributed by atoms with Crippen LogP contribution >= 0.6 is 0 Å². The molecule has 4 aliphatic carbocycles. The van der Waals surface area contributed by atoms with Crippen LogP contribution in [0.5, 0.6) is 0 Å². The summed E-state index contributed by atoms with van der Waals surface area (Å²) in [6, 6.07) is 0. The van der Waals surface area contributed by atoms with Crippen LogP contribution in [0.2, 0.25) is 18.1 Å². The molecular weight excluding hydrogens is 386 g/mol. The molecule has 30 heavy (non-hydrogen) atoms. The second kappa shape index (κ2) is 7.61. The summed E-state index contributed by atoms with van der Waals surface area (Å²) in [6.07, 6.45) is 12.5. The number of rotatable bonds is 3. The molecule has 4 rings (SSSR count). The van der Waals surface area contributed by atoms with Crippen LogP contribution in [0.25, 0.3) is 0 Å². The minimum Gasteiger partial charge on any atom is -0.414 e. The van der Waals surface area contributed by atoms with Gasteiger partial charge in [-0.15, -0.1) is 0 Å². The van der Waals surface area contributed by atoms with Crippen molar-refractivity contribution >= 4 is 14.0 Å². The fourth-order valence-corrected chi connectivity index (χ4v) is 9.37. The van der Waals surface area contributed by atoms with Gasteiger partial charge in [0.05, 0.1) is 5.71 Å². The van der Waals surface area contributed by atoms with Crippen molar-refractivity contribution in [2.45, 2.75) is 117 Å². The Morgan fingerprint density at radius 1 is 0.967 bits per heavy atom. The second-order valence-electron chi connectivity index (χ2n) is 13.1. The molecule has 7 atom stereocenters. The van der Waals surface area contributed by atoms with Crippen molar-refractivity contribution in [2.75, 3.05) is 7.11 Å². The molecule has 0 spiro atoms. The van der Waals surface area contributed by atoms with E-state index in [1.165, 1.54) is 57.1 Å². The van der Waals surface area contributed by atoms with Gasteiger partial charge in [-0.3, -0.25) is 0 Å². The van der Waals surface area contributed by atoms with Crippen molar-refractivity contribution in [3.05, 3.63) is 0 Å². The molecule has 4 saturated carbocycles. The molecule has 3 nitrogen and oxygen atoms in total. The first-order valence-electron chi connectivity index (χ1n) is 12.7. The van der Waals surface area contributed by atoms with Crippen LogP contribution in [0, 0.1) is 34.5 Å². The van der Waals surface area contributed by atoms with Gasteiger partial charge in [-0.2, -0.15) is 0 Å². The van der Waals surface area contributed by atoms with E-state index in [0.29, 0.717) is 22.0 Å². The summed E-state index contributed by atoms with van der Waals surface area (Å²) in [4.78, 5) is 5.23. The first kappa shape index (κ1) is 22.8. The Kier molecular flexibility index (Phi) is 5.79. The topological polar surface area (TPSA) is 30.8 Å². The van der Waals surface area contributed by atoms with Crippen molar-refractivity contribution in [2.24, 2.45) is 39.7 Å². The largest absolute Gasteiger partial charge is 0.414 e. The van der Waals surface area contributed by atoms with E-state index in [-0.39, 0.29) is 0 Å². The quantitative estimate of drug-likeness (QED) is 0.342. The average Bonchev–Trinajstić information content (AvgIpc) is 2.98. The van der Waals surface area contributed by atoms with E-state index in [1.54, 1.807) is 7.11 Å². The Hall–Kier alpha value is -0.353. The molecule has 0 bridgehead atoms. The molecule has 3 unspecified atom stereocenters. The van der Waals surface area contributed by atoms with Gasteiger partial charge in [0.1, 0.15) is 7.11 Å². The lowest BCUT2D eigenvalue weighted by Crippen LogP contribution is -2.55. The lowest BCUT2D eigenvalue weighted by atomic mass is 9.45. The third-order valence-electron chi connectivity index (χ3n) is 10.8.